The number of carbonyl (C=O) groups is 1. The van der Waals surface area contributed by atoms with Gasteiger partial charge >= 0.3 is 0 Å². The highest BCUT2D eigenvalue weighted by molar-refractivity contribution is 5.83. The van der Waals surface area contributed by atoms with Crippen LogP contribution in [-0.2, 0) is 4.79 Å². The second-order valence-electron chi connectivity index (χ2n) is 5.85. The van der Waals surface area contributed by atoms with Crippen LogP contribution < -0.4 is 0 Å². The summed E-state index contributed by atoms with van der Waals surface area (Å²) in [5, 5.41) is 0. The van der Waals surface area contributed by atoms with Crippen molar-refractivity contribution in [1.29, 1.82) is 0 Å². The Morgan fingerprint density at radius 1 is 0.938 bits per heavy atom. The third-order valence-corrected chi connectivity index (χ3v) is 4.95. The molecule has 2 atom stereocenters. The number of carbonyl (C=O) groups excluding carboxylic acids is 1. The molecule has 0 aromatic heterocycles. The Labute approximate surface area is 98.4 Å². The SMILES string of the molecule is O=C1CCCC1C1CCCN1C1CCCC1. The highest BCUT2D eigenvalue weighted by atomic mass is 16.1. The van der Waals surface area contributed by atoms with Crippen LogP contribution in [0.5, 0.6) is 0 Å². The zero-order valence-corrected chi connectivity index (χ0v) is 10.2. The fraction of sp³-hybridized carbons (Fsp3) is 0.929. The third kappa shape index (κ3) is 1.81. The normalized spacial score (nSPS) is 37.6. The highest BCUT2D eigenvalue weighted by Gasteiger charge is 2.40. The van der Waals surface area contributed by atoms with E-state index in [1.807, 2.05) is 0 Å². The van der Waals surface area contributed by atoms with Crippen LogP contribution in [-0.4, -0.2) is 29.3 Å². The largest absolute Gasteiger partial charge is 0.299 e. The Morgan fingerprint density at radius 2 is 1.75 bits per heavy atom. The molecule has 0 spiro atoms. The summed E-state index contributed by atoms with van der Waals surface area (Å²) >= 11 is 0. The van der Waals surface area contributed by atoms with Crippen LogP contribution in [0.3, 0.4) is 0 Å². The monoisotopic (exact) mass is 221 g/mol. The Kier molecular flexibility index (Phi) is 3.01. The summed E-state index contributed by atoms with van der Waals surface area (Å²) in [6.07, 6.45) is 11.4. The Balaban J connectivity index is 1.70. The summed E-state index contributed by atoms with van der Waals surface area (Å²) in [6.45, 7) is 1.26. The molecule has 0 aromatic rings. The van der Waals surface area contributed by atoms with Gasteiger partial charge in [0, 0.05) is 24.4 Å². The smallest absolute Gasteiger partial charge is 0.137 e. The van der Waals surface area contributed by atoms with Crippen LogP contribution in [0.4, 0.5) is 0 Å². The van der Waals surface area contributed by atoms with E-state index in [1.165, 1.54) is 51.5 Å². The molecule has 3 rings (SSSR count). The number of hydrogen-bond donors (Lipinski definition) is 0. The first kappa shape index (κ1) is 10.8. The molecular weight excluding hydrogens is 198 g/mol. The fourth-order valence-electron chi connectivity index (χ4n) is 4.19. The van der Waals surface area contributed by atoms with Crippen molar-refractivity contribution in [2.75, 3.05) is 6.54 Å². The topological polar surface area (TPSA) is 20.3 Å². The first-order valence-electron chi connectivity index (χ1n) is 7.15. The first-order valence-corrected chi connectivity index (χ1v) is 7.15. The van der Waals surface area contributed by atoms with Gasteiger partial charge in [0.05, 0.1) is 0 Å². The van der Waals surface area contributed by atoms with E-state index in [-0.39, 0.29) is 0 Å². The van der Waals surface area contributed by atoms with Crippen LogP contribution in [0.15, 0.2) is 0 Å². The molecule has 2 aliphatic carbocycles. The van der Waals surface area contributed by atoms with Crippen molar-refractivity contribution in [3.63, 3.8) is 0 Å². The summed E-state index contributed by atoms with van der Waals surface area (Å²) in [7, 11) is 0. The van der Waals surface area contributed by atoms with E-state index in [9.17, 15) is 4.79 Å². The summed E-state index contributed by atoms with van der Waals surface area (Å²) in [4.78, 5) is 14.6. The molecule has 1 heterocycles. The number of nitrogens with zero attached hydrogens (tertiary/aromatic N) is 1. The van der Waals surface area contributed by atoms with Gasteiger partial charge in [0.25, 0.3) is 0 Å². The van der Waals surface area contributed by atoms with Gasteiger partial charge in [-0.05, 0) is 45.1 Å². The van der Waals surface area contributed by atoms with Gasteiger partial charge in [-0.1, -0.05) is 12.8 Å². The molecule has 0 amide bonds. The van der Waals surface area contributed by atoms with Gasteiger partial charge in [-0.25, -0.2) is 0 Å². The number of likely N-dealkylation sites (tertiary alicyclic amines) is 1. The molecule has 0 bridgehead atoms. The third-order valence-electron chi connectivity index (χ3n) is 4.95. The van der Waals surface area contributed by atoms with E-state index in [2.05, 4.69) is 4.90 Å². The lowest BCUT2D eigenvalue weighted by Gasteiger charge is -2.33. The lowest BCUT2D eigenvalue weighted by molar-refractivity contribution is -0.122. The van der Waals surface area contributed by atoms with E-state index in [0.717, 1.165) is 18.9 Å². The molecule has 3 fully saturated rings. The van der Waals surface area contributed by atoms with Crippen molar-refractivity contribution in [1.82, 2.24) is 4.90 Å². The number of rotatable bonds is 2. The van der Waals surface area contributed by atoms with Gasteiger partial charge in [0.15, 0.2) is 0 Å². The molecule has 2 heteroatoms. The summed E-state index contributed by atoms with van der Waals surface area (Å²) in [6, 6.07) is 1.44. The van der Waals surface area contributed by atoms with Gasteiger partial charge in [-0.15, -0.1) is 0 Å². The molecule has 0 N–H and O–H groups in total. The Morgan fingerprint density at radius 3 is 2.44 bits per heavy atom. The highest BCUT2D eigenvalue weighted by Crippen LogP contribution is 2.37. The van der Waals surface area contributed by atoms with Crippen molar-refractivity contribution in [3.05, 3.63) is 0 Å². The maximum atomic E-state index is 11.9. The molecule has 16 heavy (non-hydrogen) atoms. The Hall–Kier alpha value is -0.370. The maximum Gasteiger partial charge on any atom is 0.137 e. The average molecular weight is 221 g/mol. The molecule has 2 saturated carbocycles. The van der Waals surface area contributed by atoms with E-state index in [4.69, 9.17) is 0 Å². The Bertz CT molecular complexity index is 270. The molecule has 0 aromatic carbocycles. The molecule has 2 nitrogen and oxygen atoms in total. The van der Waals surface area contributed by atoms with Crippen LogP contribution in [0.1, 0.15) is 57.8 Å². The molecule has 3 aliphatic rings. The number of ketones is 1. The molecule has 0 radical (unpaired) electrons. The van der Waals surface area contributed by atoms with Crippen LogP contribution in [0.25, 0.3) is 0 Å². The standard InChI is InChI=1S/C14H23NO/c16-14-9-3-7-12(14)13-8-4-10-15(13)11-5-1-2-6-11/h11-13H,1-10H2. The van der Waals surface area contributed by atoms with Gasteiger partial charge < -0.3 is 0 Å². The molecule has 1 saturated heterocycles. The van der Waals surface area contributed by atoms with Crippen molar-refractivity contribution >= 4 is 5.78 Å². The maximum absolute atomic E-state index is 11.9. The molecule has 2 unspecified atom stereocenters. The minimum atomic E-state index is 0.406. The minimum absolute atomic E-state index is 0.406. The molecular formula is C14H23NO. The van der Waals surface area contributed by atoms with Gasteiger partial charge in [-0.2, -0.15) is 0 Å². The predicted octanol–water partition coefficient (Wildman–Crippen LogP) is 2.76. The van der Waals surface area contributed by atoms with Gasteiger partial charge in [-0.3, -0.25) is 9.69 Å². The van der Waals surface area contributed by atoms with Crippen LogP contribution in [0, 0.1) is 5.92 Å². The van der Waals surface area contributed by atoms with E-state index in [1.54, 1.807) is 0 Å². The summed E-state index contributed by atoms with van der Waals surface area (Å²) in [5.74, 6) is 0.970. The van der Waals surface area contributed by atoms with Crippen LogP contribution in [0.2, 0.25) is 0 Å². The lowest BCUT2D eigenvalue weighted by Crippen LogP contribution is -2.42. The minimum Gasteiger partial charge on any atom is -0.299 e. The quantitative estimate of drug-likeness (QED) is 0.714. The lowest BCUT2D eigenvalue weighted by atomic mass is 9.94. The first-order chi connectivity index (χ1) is 7.86. The van der Waals surface area contributed by atoms with Crippen LogP contribution >= 0.6 is 0 Å². The molecule has 90 valence electrons. The second-order valence-corrected chi connectivity index (χ2v) is 5.85. The fourth-order valence-corrected chi connectivity index (χ4v) is 4.19. The van der Waals surface area contributed by atoms with E-state index >= 15 is 0 Å². The van der Waals surface area contributed by atoms with Gasteiger partial charge in [0.2, 0.25) is 0 Å². The van der Waals surface area contributed by atoms with Crippen molar-refractivity contribution in [3.8, 4) is 0 Å². The summed E-state index contributed by atoms with van der Waals surface area (Å²) < 4.78 is 0. The number of hydrogen-bond acceptors (Lipinski definition) is 2. The average Bonchev–Trinajstić information content (AvgIpc) is 2.95. The second kappa shape index (κ2) is 4.48. The zero-order chi connectivity index (χ0) is 11.0. The summed E-state index contributed by atoms with van der Waals surface area (Å²) in [5.41, 5.74) is 0. The van der Waals surface area contributed by atoms with Crippen molar-refractivity contribution in [2.45, 2.75) is 69.9 Å². The molecule has 1 aliphatic heterocycles. The van der Waals surface area contributed by atoms with Crippen molar-refractivity contribution < 1.29 is 4.79 Å². The van der Waals surface area contributed by atoms with Crippen molar-refractivity contribution in [2.24, 2.45) is 5.92 Å². The predicted molar refractivity (Wildman–Crippen MR) is 64.3 cm³/mol. The number of Topliss-reactive ketones (excluding diaryl/α,β-unsaturated/α-hetero) is 1. The van der Waals surface area contributed by atoms with E-state index < -0.39 is 0 Å². The van der Waals surface area contributed by atoms with E-state index in [0.29, 0.717) is 17.7 Å². The zero-order valence-electron chi connectivity index (χ0n) is 10.2. The van der Waals surface area contributed by atoms with Gasteiger partial charge in [0.1, 0.15) is 5.78 Å².